The fourth-order valence-corrected chi connectivity index (χ4v) is 4.55. The zero-order valence-corrected chi connectivity index (χ0v) is 16.4. The average molecular weight is 446 g/mol. The van der Waals surface area contributed by atoms with Crippen LogP contribution in [0.2, 0.25) is 0 Å². The third-order valence-electron chi connectivity index (χ3n) is 5.38. The van der Waals surface area contributed by atoms with Gasteiger partial charge < -0.3 is 9.72 Å². The molecule has 0 amide bonds. The third-order valence-corrected chi connectivity index (χ3v) is 5.89. The largest absolute Gasteiger partial charge is 0.440 e. The molecule has 0 saturated heterocycles. The van der Waals surface area contributed by atoms with Crippen LogP contribution >= 0.6 is 12.3 Å². The number of hydrogen-bond acceptors (Lipinski definition) is 5. The predicted molar refractivity (Wildman–Crippen MR) is 104 cm³/mol. The first-order valence-corrected chi connectivity index (χ1v) is 9.53. The van der Waals surface area contributed by atoms with Crippen molar-refractivity contribution in [3.63, 3.8) is 0 Å². The maximum Gasteiger partial charge on any atom is 0.440 e. The smallest absolute Gasteiger partial charge is 0.432 e. The Balaban J connectivity index is 1.96. The number of rotatable bonds is 2. The predicted octanol–water partition coefficient (Wildman–Crippen LogP) is 5.05. The molecule has 156 valence electrons. The van der Waals surface area contributed by atoms with Crippen LogP contribution in [0.3, 0.4) is 0 Å². The number of cyclic esters (lactones) is 1. The number of imidazole rings is 1. The maximum absolute atomic E-state index is 14.8. The molecule has 0 radical (unpaired) electrons. The van der Waals surface area contributed by atoms with E-state index in [0.29, 0.717) is 15.1 Å². The van der Waals surface area contributed by atoms with E-state index in [1.165, 1.54) is 36.5 Å². The Morgan fingerprint density at radius 3 is 2.74 bits per heavy atom. The molecule has 0 saturated carbocycles. The number of carbonyl (C=O) groups excluding carboxylic acids is 1. The number of benzene rings is 2. The van der Waals surface area contributed by atoms with Crippen LogP contribution < -0.4 is 0 Å². The van der Waals surface area contributed by atoms with Gasteiger partial charge in [0.25, 0.3) is 5.60 Å². The number of aromatic amines is 1. The van der Waals surface area contributed by atoms with Gasteiger partial charge in [-0.1, -0.05) is 0 Å². The van der Waals surface area contributed by atoms with Crippen LogP contribution in [0.4, 0.5) is 17.1 Å². The van der Waals surface area contributed by atoms with Crippen LogP contribution in [0.1, 0.15) is 32.9 Å². The normalized spacial score (nSPS) is 18.4. The summed E-state index contributed by atoms with van der Waals surface area (Å²) in [5.74, 6) is -2.03. The van der Waals surface area contributed by atoms with Crippen LogP contribution in [0, 0.1) is 18.3 Å². The summed E-state index contributed by atoms with van der Waals surface area (Å²) in [5.41, 5.74) is -3.01. The topological polar surface area (TPSA) is 83.7 Å². The molecule has 4 aromatic rings. The number of carbonyl (C=O) groups is 1. The lowest BCUT2D eigenvalue weighted by Gasteiger charge is -2.30. The standard InChI is InChI=1S/C20H10F4N4O2S/c1-9-6-12-15(11-4-5-26-16(9)11)19(20(21,22)23,30-17(12)29)18-27-13-3-2-10(8-25)7-14(13)28(18)31-24/h2-7,26H,1H3. The number of nitrogens with zero attached hydrogens (tertiary/aromatic N) is 3. The molecule has 31 heavy (non-hydrogen) atoms. The van der Waals surface area contributed by atoms with E-state index in [1.54, 1.807) is 6.92 Å². The highest BCUT2D eigenvalue weighted by Crippen LogP contribution is 2.55. The van der Waals surface area contributed by atoms with Gasteiger partial charge in [-0.2, -0.15) is 18.4 Å². The molecule has 5 rings (SSSR count). The highest BCUT2D eigenvalue weighted by molar-refractivity contribution is 7.93. The van der Waals surface area contributed by atoms with Gasteiger partial charge in [0.1, 0.15) is 0 Å². The SMILES string of the molecule is Cc1cc2c(c3cc[nH]c13)C(c1nc3ccc(C#N)cc3n1SF)(C(F)(F)F)OC2=O. The number of esters is 1. The lowest BCUT2D eigenvalue weighted by molar-refractivity contribution is -0.245. The molecule has 0 fully saturated rings. The van der Waals surface area contributed by atoms with Crippen molar-refractivity contribution in [2.45, 2.75) is 18.7 Å². The summed E-state index contributed by atoms with van der Waals surface area (Å²) in [6.07, 6.45) is -3.71. The van der Waals surface area contributed by atoms with Crippen molar-refractivity contribution in [2.75, 3.05) is 0 Å². The number of nitrogens with one attached hydrogen (secondary N) is 1. The van der Waals surface area contributed by atoms with Crippen LogP contribution in [0.25, 0.3) is 21.9 Å². The van der Waals surface area contributed by atoms with E-state index in [0.717, 1.165) is 0 Å². The first-order valence-electron chi connectivity index (χ1n) is 8.86. The summed E-state index contributed by atoms with van der Waals surface area (Å²) < 4.78 is 63.9. The molecule has 6 nitrogen and oxygen atoms in total. The van der Waals surface area contributed by atoms with Crippen LogP contribution in [0.5, 0.6) is 0 Å². The van der Waals surface area contributed by atoms with Crippen LogP contribution in [0.15, 0.2) is 36.5 Å². The first-order chi connectivity index (χ1) is 14.7. The van der Waals surface area contributed by atoms with Crippen molar-refractivity contribution in [3.05, 3.63) is 64.6 Å². The number of aromatic nitrogens is 3. The summed E-state index contributed by atoms with van der Waals surface area (Å²) in [6, 6.07) is 8.47. The molecule has 1 N–H and O–H groups in total. The zero-order valence-electron chi connectivity index (χ0n) is 15.5. The Bertz CT molecular complexity index is 1450. The molecular weight excluding hydrogens is 436 g/mol. The van der Waals surface area contributed by atoms with Gasteiger partial charge in [0.05, 0.1) is 28.2 Å². The second kappa shape index (κ2) is 6.24. The van der Waals surface area contributed by atoms with Crippen molar-refractivity contribution >= 4 is 40.2 Å². The molecule has 3 heterocycles. The molecule has 1 aliphatic heterocycles. The first kappa shape index (κ1) is 19.4. The van der Waals surface area contributed by atoms with E-state index in [9.17, 15) is 21.9 Å². The molecule has 11 heteroatoms. The van der Waals surface area contributed by atoms with E-state index < -0.39 is 41.5 Å². The number of fused-ring (bicyclic) bond motifs is 4. The van der Waals surface area contributed by atoms with E-state index in [2.05, 4.69) is 9.97 Å². The highest BCUT2D eigenvalue weighted by atomic mass is 32.2. The Kier molecular flexibility index (Phi) is 3.92. The van der Waals surface area contributed by atoms with Crippen molar-refractivity contribution in [1.82, 2.24) is 13.9 Å². The van der Waals surface area contributed by atoms with Crippen LogP contribution in [-0.2, 0) is 10.3 Å². The van der Waals surface area contributed by atoms with E-state index in [1.807, 2.05) is 6.07 Å². The Morgan fingerprint density at radius 2 is 2.06 bits per heavy atom. The quantitative estimate of drug-likeness (QED) is 0.344. The van der Waals surface area contributed by atoms with E-state index in [-0.39, 0.29) is 27.5 Å². The fraction of sp³-hybridized carbons (Fsp3) is 0.150. The molecule has 0 bridgehead atoms. The van der Waals surface area contributed by atoms with Gasteiger partial charge in [-0.3, -0.25) is 0 Å². The van der Waals surface area contributed by atoms with Gasteiger partial charge >= 0.3 is 12.1 Å². The molecular formula is C20H10F4N4O2S. The monoisotopic (exact) mass is 446 g/mol. The summed E-state index contributed by atoms with van der Waals surface area (Å²) in [5, 5.41) is 9.23. The van der Waals surface area contributed by atoms with Gasteiger partial charge in [0.2, 0.25) is 0 Å². The molecule has 1 unspecified atom stereocenters. The van der Waals surface area contributed by atoms with Crippen molar-refractivity contribution < 1.29 is 26.6 Å². The molecule has 0 spiro atoms. The van der Waals surface area contributed by atoms with Crippen molar-refractivity contribution in [3.8, 4) is 6.07 Å². The number of aryl methyl sites for hydroxylation is 1. The summed E-state index contributed by atoms with van der Waals surface area (Å²) >= 11 is -0.516. The summed E-state index contributed by atoms with van der Waals surface area (Å²) in [7, 11) is 0. The Labute approximate surface area is 175 Å². The lowest BCUT2D eigenvalue weighted by atomic mass is 9.87. The minimum Gasteiger partial charge on any atom is -0.432 e. The molecule has 0 aliphatic carbocycles. The summed E-state index contributed by atoms with van der Waals surface area (Å²) in [4.78, 5) is 19.5. The minimum absolute atomic E-state index is 0.0182. The van der Waals surface area contributed by atoms with Crippen LogP contribution in [-0.4, -0.2) is 26.1 Å². The van der Waals surface area contributed by atoms with Crippen molar-refractivity contribution in [2.24, 2.45) is 0 Å². The van der Waals surface area contributed by atoms with Gasteiger partial charge in [-0.05, 0) is 42.8 Å². The van der Waals surface area contributed by atoms with Gasteiger partial charge in [-0.15, -0.1) is 3.89 Å². The number of hydrogen-bond donors (Lipinski definition) is 1. The second-order valence-corrected chi connectivity index (χ2v) is 7.57. The molecule has 2 aromatic heterocycles. The minimum atomic E-state index is -5.17. The average Bonchev–Trinajstić information content (AvgIpc) is 3.41. The second-order valence-electron chi connectivity index (χ2n) is 7.06. The zero-order chi connectivity index (χ0) is 22.1. The number of nitriles is 1. The summed E-state index contributed by atoms with van der Waals surface area (Å²) in [6.45, 7) is 1.65. The highest BCUT2D eigenvalue weighted by Gasteiger charge is 2.68. The van der Waals surface area contributed by atoms with Gasteiger partial charge in [0, 0.05) is 22.7 Å². The molecule has 1 atom stereocenters. The van der Waals surface area contributed by atoms with Gasteiger partial charge in [0.15, 0.2) is 18.2 Å². The number of halogens is 4. The molecule has 1 aliphatic rings. The van der Waals surface area contributed by atoms with E-state index >= 15 is 0 Å². The third kappa shape index (κ3) is 2.39. The number of ether oxygens (including phenoxy) is 1. The number of alkyl halides is 3. The Hall–Kier alpha value is -3.52. The fourth-order valence-electron chi connectivity index (χ4n) is 4.09. The Morgan fingerprint density at radius 1 is 1.29 bits per heavy atom. The van der Waals surface area contributed by atoms with Gasteiger partial charge in [-0.25, -0.2) is 13.8 Å². The maximum atomic E-state index is 14.8. The molecule has 2 aromatic carbocycles. The lowest BCUT2D eigenvalue weighted by Crippen LogP contribution is -2.45. The van der Waals surface area contributed by atoms with E-state index in [4.69, 9.17) is 10.00 Å². The number of H-pyrrole nitrogens is 1. The van der Waals surface area contributed by atoms with Crippen molar-refractivity contribution in [1.29, 1.82) is 5.26 Å².